The monoisotopic (exact) mass is 435 g/mol. The Kier molecular flexibility index (Phi) is 3.96. The maximum Gasteiger partial charge on any atom is 0.0582 e. The van der Waals surface area contributed by atoms with Crippen molar-refractivity contribution in [3.8, 4) is 27.9 Å². The van der Waals surface area contributed by atoms with Crippen LogP contribution >= 0.6 is 0 Å². The standard InChI is InChI=1S/C33H25N/c1-33(2)28-15-9-10-16-31(28)34-30-18-17-24(22-11-5-3-6-12-22)19-26(30)27-20-25(21-29(33)32(27)34)23-13-7-4-8-14-23/h3-21H,1-2H3. The summed E-state index contributed by atoms with van der Waals surface area (Å²) >= 11 is 0. The van der Waals surface area contributed by atoms with E-state index in [4.69, 9.17) is 0 Å². The number of fused-ring (bicyclic) bond motifs is 5. The summed E-state index contributed by atoms with van der Waals surface area (Å²) in [4.78, 5) is 0. The molecule has 162 valence electrons. The van der Waals surface area contributed by atoms with Gasteiger partial charge in [-0.2, -0.15) is 0 Å². The molecule has 0 bridgehead atoms. The molecule has 1 aliphatic heterocycles. The Morgan fingerprint density at radius 1 is 0.500 bits per heavy atom. The van der Waals surface area contributed by atoms with E-state index >= 15 is 0 Å². The van der Waals surface area contributed by atoms with Crippen LogP contribution in [-0.2, 0) is 5.41 Å². The fourth-order valence-corrected chi connectivity index (χ4v) is 5.82. The van der Waals surface area contributed by atoms with Crippen LogP contribution in [0.2, 0.25) is 0 Å². The fourth-order valence-electron chi connectivity index (χ4n) is 5.82. The number of aromatic nitrogens is 1. The lowest BCUT2D eigenvalue weighted by Gasteiger charge is -2.35. The molecule has 2 heterocycles. The van der Waals surface area contributed by atoms with Crippen molar-refractivity contribution in [1.29, 1.82) is 0 Å². The predicted octanol–water partition coefficient (Wildman–Crippen LogP) is 8.76. The highest BCUT2D eigenvalue weighted by atomic mass is 15.0. The van der Waals surface area contributed by atoms with Crippen LogP contribution in [-0.4, -0.2) is 4.57 Å². The second-order valence-corrected chi connectivity index (χ2v) is 9.86. The van der Waals surface area contributed by atoms with Crippen LogP contribution in [0.5, 0.6) is 0 Å². The minimum Gasteiger partial charge on any atom is -0.309 e. The van der Waals surface area contributed by atoms with Gasteiger partial charge in [0.25, 0.3) is 0 Å². The summed E-state index contributed by atoms with van der Waals surface area (Å²) < 4.78 is 2.49. The van der Waals surface area contributed by atoms with Gasteiger partial charge in [-0.05, 0) is 63.7 Å². The first-order valence-electron chi connectivity index (χ1n) is 12.0. The molecular weight excluding hydrogens is 410 g/mol. The quantitative estimate of drug-likeness (QED) is 0.256. The largest absolute Gasteiger partial charge is 0.309 e. The summed E-state index contributed by atoms with van der Waals surface area (Å²) in [5, 5.41) is 2.63. The minimum absolute atomic E-state index is 0.0910. The number of nitrogens with zero attached hydrogens (tertiary/aromatic N) is 1. The Balaban J connectivity index is 1.65. The first kappa shape index (κ1) is 19.4. The molecule has 0 radical (unpaired) electrons. The molecular formula is C33H25N. The Hall–Kier alpha value is -4.10. The first-order chi connectivity index (χ1) is 16.6. The van der Waals surface area contributed by atoms with Gasteiger partial charge in [0, 0.05) is 16.2 Å². The molecule has 6 aromatic rings. The van der Waals surface area contributed by atoms with E-state index in [0.29, 0.717) is 0 Å². The van der Waals surface area contributed by atoms with Gasteiger partial charge in [0.15, 0.2) is 0 Å². The third-order valence-electron chi connectivity index (χ3n) is 7.57. The van der Waals surface area contributed by atoms with Crippen LogP contribution in [0.25, 0.3) is 49.7 Å². The minimum atomic E-state index is -0.0910. The van der Waals surface area contributed by atoms with Crippen LogP contribution in [0.4, 0.5) is 0 Å². The van der Waals surface area contributed by atoms with Crippen molar-refractivity contribution in [3.05, 3.63) is 126 Å². The van der Waals surface area contributed by atoms with Gasteiger partial charge in [-0.25, -0.2) is 0 Å². The third kappa shape index (κ3) is 2.61. The Labute approximate surface area is 199 Å². The summed E-state index contributed by atoms with van der Waals surface area (Å²) in [5.74, 6) is 0. The molecule has 0 saturated carbocycles. The molecule has 34 heavy (non-hydrogen) atoms. The van der Waals surface area contributed by atoms with Crippen molar-refractivity contribution in [2.45, 2.75) is 19.3 Å². The van der Waals surface area contributed by atoms with Crippen molar-refractivity contribution in [2.75, 3.05) is 0 Å². The summed E-state index contributed by atoms with van der Waals surface area (Å²) in [6.07, 6.45) is 0. The van der Waals surface area contributed by atoms with Crippen molar-refractivity contribution in [2.24, 2.45) is 0 Å². The van der Waals surface area contributed by atoms with Crippen LogP contribution in [0.3, 0.4) is 0 Å². The Morgan fingerprint density at radius 3 is 1.85 bits per heavy atom. The van der Waals surface area contributed by atoms with E-state index in [2.05, 4.69) is 134 Å². The zero-order valence-electron chi connectivity index (χ0n) is 19.4. The topological polar surface area (TPSA) is 4.93 Å². The molecule has 1 aliphatic rings. The smallest absolute Gasteiger partial charge is 0.0582 e. The molecule has 1 nitrogen and oxygen atoms in total. The average molecular weight is 436 g/mol. The molecule has 0 spiro atoms. The van der Waals surface area contributed by atoms with E-state index in [1.807, 2.05) is 0 Å². The van der Waals surface area contributed by atoms with Crippen LogP contribution < -0.4 is 0 Å². The molecule has 1 aromatic heterocycles. The van der Waals surface area contributed by atoms with Crippen molar-refractivity contribution in [1.82, 2.24) is 4.57 Å². The molecule has 0 fully saturated rings. The molecule has 0 aliphatic carbocycles. The number of para-hydroxylation sites is 1. The number of rotatable bonds is 2. The van der Waals surface area contributed by atoms with Crippen LogP contribution in [0.15, 0.2) is 115 Å². The molecule has 1 heteroatoms. The fraction of sp³-hybridized carbons (Fsp3) is 0.0909. The van der Waals surface area contributed by atoms with E-state index < -0.39 is 0 Å². The van der Waals surface area contributed by atoms with Crippen molar-refractivity contribution < 1.29 is 0 Å². The predicted molar refractivity (Wildman–Crippen MR) is 144 cm³/mol. The van der Waals surface area contributed by atoms with E-state index in [9.17, 15) is 0 Å². The summed E-state index contributed by atoms with van der Waals surface area (Å²) in [6, 6.07) is 42.1. The van der Waals surface area contributed by atoms with Crippen LogP contribution in [0, 0.1) is 0 Å². The highest BCUT2D eigenvalue weighted by molar-refractivity contribution is 6.13. The maximum absolute atomic E-state index is 2.49. The third-order valence-corrected chi connectivity index (χ3v) is 7.57. The highest BCUT2D eigenvalue weighted by Gasteiger charge is 2.35. The molecule has 5 aromatic carbocycles. The second kappa shape index (κ2) is 6.95. The molecule has 0 atom stereocenters. The average Bonchev–Trinajstić information content (AvgIpc) is 3.22. The van der Waals surface area contributed by atoms with E-state index in [-0.39, 0.29) is 5.41 Å². The lowest BCUT2D eigenvalue weighted by atomic mass is 9.74. The van der Waals surface area contributed by atoms with Crippen LogP contribution in [0.1, 0.15) is 25.0 Å². The number of hydrogen-bond donors (Lipinski definition) is 0. The van der Waals surface area contributed by atoms with Gasteiger partial charge in [0.05, 0.1) is 16.7 Å². The molecule has 0 N–H and O–H groups in total. The summed E-state index contributed by atoms with van der Waals surface area (Å²) in [5.41, 5.74) is 11.6. The van der Waals surface area contributed by atoms with E-state index in [0.717, 1.165) is 0 Å². The highest BCUT2D eigenvalue weighted by Crippen LogP contribution is 2.49. The first-order valence-corrected chi connectivity index (χ1v) is 12.0. The van der Waals surface area contributed by atoms with Gasteiger partial charge >= 0.3 is 0 Å². The molecule has 0 unspecified atom stereocenters. The lowest BCUT2D eigenvalue weighted by Crippen LogP contribution is -2.26. The van der Waals surface area contributed by atoms with Gasteiger partial charge < -0.3 is 4.57 Å². The van der Waals surface area contributed by atoms with Gasteiger partial charge in [0.2, 0.25) is 0 Å². The zero-order valence-corrected chi connectivity index (χ0v) is 19.4. The summed E-state index contributed by atoms with van der Waals surface area (Å²) in [7, 11) is 0. The van der Waals surface area contributed by atoms with E-state index in [1.54, 1.807) is 0 Å². The molecule has 0 amide bonds. The normalized spacial score (nSPS) is 13.8. The van der Waals surface area contributed by atoms with Gasteiger partial charge in [-0.15, -0.1) is 0 Å². The second-order valence-electron chi connectivity index (χ2n) is 9.86. The van der Waals surface area contributed by atoms with Crippen molar-refractivity contribution in [3.63, 3.8) is 0 Å². The maximum atomic E-state index is 2.49. The molecule has 7 rings (SSSR count). The SMILES string of the molecule is CC1(C)c2ccccc2-n2c3ccc(-c4ccccc4)cc3c3cc(-c4ccccc4)cc1c32. The van der Waals surface area contributed by atoms with Gasteiger partial charge in [0.1, 0.15) is 0 Å². The van der Waals surface area contributed by atoms with Crippen molar-refractivity contribution >= 4 is 21.8 Å². The Bertz CT molecular complexity index is 1700. The number of benzene rings is 5. The van der Waals surface area contributed by atoms with E-state index in [1.165, 1.54) is 60.9 Å². The van der Waals surface area contributed by atoms with Gasteiger partial charge in [-0.3, -0.25) is 0 Å². The number of hydrogen-bond acceptors (Lipinski definition) is 0. The Morgan fingerprint density at radius 2 is 1.12 bits per heavy atom. The zero-order chi connectivity index (χ0) is 22.9. The van der Waals surface area contributed by atoms with Gasteiger partial charge in [-0.1, -0.05) is 98.8 Å². The lowest BCUT2D eigenvalue weighted by molar-refractivity contribution is 0.630. The molecule has 0 saturated heterocycles. The summed E-state index contributed by atoms with van der Waals surface area (Å²) in [6.45, 7) is 4.73.